The van der Waals surface area contributed by atoms with Gasteiger partial charge in [0.05, 0.1) is 0 Å². The fraction of sp³-hybridized carbons (Fsp3) is 0.138. The van der Waals surface area contributed by atoms with Crippen LogP contribution in [0.5, 0.6) is 5.75 Å². The van der Waals surface area contributed by atoms with Gasteiger partial charge in [-0.15, -0.1) is 0 Å². The van der Waals surface area contributed by atoms with Crippen LogP contribution in [0.25, 0.3) is 0 Å². The zero-order chi connectivity index (χ0) is 23.5. The van der Waals surface area contributed by atoms with Gasteiger partial charge in [-0.05, 0) is 0 Å². The number of amides is 1. The van der Waals surface area contributed by atoms with Gasteiger partial charge in [0.2, 0.25) is 0 Å². The molecule has 1 saturated heterocycles. The fourth-order valence-corrected chi connectivity index (χ4v) is 9.20. The summed E-state index contributed by atoms with van der Waals surface area (Å²) in [4.78, 5) is 17.0. The van der Waals surface area contributed by atoms with Crippen molar-refractivity contribution in [3.8, 4) is 5.75 Å². The van der Waals surface area contributed by atoms with Crippen LogP contribution in [0.15, 0.2) is 114 Å². The molecule has 0 bridgehead atoms. The molecule has 5 rings (SSSR count). The number of carbonyl (C=O) groups is 1. The molecular weight excluding hydrogens is 505 g/mol. The van der Waals surface area contributed by atoms with Crippen molar-refractivity contribution in [2.45, 2.75) is 28.6 Å². The number of carbonyl (C=O) groups excluding carboxylic acids is 1. The first kappa shape index (κ1) is 22.8. The second-order valence-corrected chi connectivity index (χ2v) is 12.8. The summed E-state index contributed by atoms with van der Waals surface area (Å²) < 4.78 is 7.10. The third-order valence-electron chi connectivity index (χ3n) is 5.76. The summed E-state index contributed by atoms with van der Waals surface area (Å²) >= 11 is 1.63. The van der Waals surface area contributed by atoms with Crippen molar-refractivity contribution in [2.75, 3.05) is 4.90 Å². The van der Waals surface area contributed by atoms with Gasteiger partial charge in [-0.25, -0.2) is 0 Å². The van der Waals surface area contributed by atoms with Crippen LogP contribution in [-0.2, 0) is 4.79 Å². The van der Waals surface area contributed by atoms with Crippen molar-refractivity contribution in [3.05, 3.63) is 120 Å². The summed E-state index contributed by atoms with van der Waals surface area (Å²) in [5.41, 5.74) is 3.17. The Balaban J connectivity index is 1.66. The maximum absolute atomic E-state index is 13.9. The standard InChI is InChI=1S/C29H25NO2SSe/c1-21-13-12-14-22(2)26(21)30-28(31)27(32-23-15-6-3-7-16-23)29(30,33-24-17-8-4-9-18-24)34-25-19-10-5-11-20-25/h3-20,27H,1-2H3. The van der Waals surface area contributed by atoms with Crippen molar-refractivity contribution in [3.63, 3.8) is 0 Å². The number of hydrogen-bond acceptors (Lipinski definition) is 3. The van der Waals surface area contributed by atoms with Crippen LogP contribution >= 0.6 is 11.8 Å². The van der Waals surface area contributed by atoms with E-state index in [9.17, 15) is 4.79 Å². The van der Waals surface area contributed by atoms with E-state index in [0.29, 0.717) is 5.75 Å². The molecule has 1 fully saturated rings. The molecule has 170 valence electrons. The Hall–Kier alpha value is -2.98. The van der Waals surface area contributed by atoms with Crippen LogP contribution in [0.4, 0.5) is 5.69 Å². The van der Waals surface area contributed by atoms with E-state index in [4.69, 9.17) is 4.74 Å². The first-order chi connectivity index (χ1) is 16.6. The Bertz CT molecular complexity index is 1220. The number of para-hydroxylation sites is 2. The fourth-order valence-electron chi connectivity index (χ4n) is 4.20. The number of anilines is 1. The summed E-state index contributed by atoms with van der Waals surface area (Å²) in [6.07, 6.45) is -0.598. The topological polar surface area (TPSA) is 29.5 Å². The van der Waals surface area contributed by atoms with Gasteiger partial charge in [-0.1, -0.05) is 0 Å². The van der Waals surface area contributed by atoms with Gasteiger partial charge < -0.3 is 0 Å². The van der Waals surface area contributed by atoms with E-state index < -0.39 is 9.87 Å². The zero-order valence-electron chi connectivity index (χ0n) is 19.0. The number of aryl methyl sites for hydroxylation is 2. The van der Waals surface area contributed by atoms with E-state index in [0.717, 1.165) is 21.7 Å². The molecule has 0 spiro atoms. The van der Waals surface area contributed by atoms with Crippen molar-refractivity contribution in [1.29, 1.82) is 0 Å². The van der Waals surface area contributed by atoms with Gasteiger partial charge in [0.25, 0.3) is 0 Å². The molecule has 3 nitrogen and oxygen atoms in total. The number of thioether (sulfide) groups is 1. The Labute approximate surface area is 211 Å². The summed E-state index contributed by atoms with van der Waals surface area (Å²) in [5.74, 6) is 0.714. The Morgan fingerprint density at radius 3 is 1.94 bits per heavy atom. The van der Waals surface area contributed by atoms with Crippen molar-refractivity contribution >= 4 is 42.8 Å². The molecule has 1 amide bonds. The molecule has 2 atom stereocenters. The molecule has 1 aliphatic heterocycles. The van der Waals surface area contributed by atoms with Crippen LogP contribution in [0.3, 0.4) is 0 Å². The summed E-state index contributed by atoms with van der Waals surface area (Å²) in [6, 6.07) is 36.7. The second-order valence-electron chi connectivity index (χ2n) is 8.19. The van der Waals surface area contributed by atoms with E-state index in [-0.39, 0.29) is 20.9 Å². The van der Waals surface area contributed by atoms with E-state index in [1.165, 1.54) is 4.46 Å². The van der Waals surface area contributed by atoms with E-state index in [1.54, 1.807) is 11.8 Å². The normalized spacial score (nSPS) is 19.5. The number of β-lactam (4-membered cyclic amide) rings is 1. The molecule has 0 N–H and O–H groups in total. The molecule has 1 aliphatic rings. The van der Waals surface area contributed by atoms with Gasteiger partial charge in [0, 0.05) is 0 Å². The Morgan fingerprint density at radius 1 is 0.765 bits per heavy atom. The predicted octanol–water partition coefficient (Wildman–Crippen LogP) is 5.57. The minimum atomic E-state index is -0.598. The summed E-state index contributed by atoms with van der Waals surface area (Å²) in [5, 5.41) is 0. The monoisotopic (exact) mass is 531 g/mol. The van der Waals surface area contributed by atoms with Crippen LogP contribution < -0.4 is 14.1 Å². The van der Waals surface area contributed by atoms with Gasteiger partial charge in [0.1, 0.15) is 0 Å². The van der Waals surface area contributed by atoms with Gasteiger partial charge in [-0.2, -0.15) is 0 Å². The van der Waals surface area contributed by atoms with E-state index in [2.05, 4.69) is 62.4 Å². The molecule has 0 aliphatic carbocycles. The minimum absolute atomic E-state index is 0.00231. The molecule has 0 radical (unpaired) electrons. The number of nitrogens with zero attached hydrogens (tertiary/aromatic N) is 1. The Morgan fingerprint density at radius 2 is 1.32 bits per heavy atom. The van der Waals surface area contributed by atoms with E-state index >= 15 is 0 Å². The molecule has 4 aromatic carbocycles. The van der Waals surface area contributed by atoms with E-state index in [1.807, 2.05) is 65.6 Å². The van der Waals surface area contributed by atoms with Crippen molar-refractivity contribution in [2.24, 2.45) is 0 Å². The molecule has 0 aromatic heterocycles. The molecule has 1 heterocycles. The average Bonchev–Trinajstić information content (AvgIpc) is 2.86. The second kappa shape index (κ2) is 9.71. The summed E-state index contributed by atoms with van der Waals surface area (Å²) in [6.45, 7) is 4.16. The summed E-state index contributed by atoms with van der Waals surface area (Å²) in [7, 11) is 0. The maximum atomic E-state index is 13.9. The molecular formula is C29H25NO2SSe. The SMILES string of the molecule is Cc1cccc(C)c1N1C(=O)C(Oc2ccccc2)C1(Sc1ccccc1)[Se]c1ccccc1. The number of ether oxygens (including phenoxy) is 1. The molecule has 4 aromatic rings. The number of rotatable bonds is 7. The third-order valence-corrected chi connectivity index (χ3v) is 10.4. The molecule has 5 heteroatoms. The average molecular weight is 531 g/mol. The molecule has 34 heavy (non-hydrogen) atoms. The number of hydrogen-bond donors (Lipinski definition) is 0. The predicted molar refractivity (Wildman–Crippen MR) is 141 cm³/mol. The zero-order valence-corrected chi connectivity index (χ0v) is 21.6. The third kappa shape index (κ3) is 4.27. The Kier molecular flexibility index (Phi) is 6.51. The van der Waals surface area contributed by atoms with Crippen LogP contribution in [0, 0.1) is 13.8 Å². The van der Waals surface area contributed by atoms with Gasteiger partial charge in [-0.3, -0.25) is 0 Å². The van der Waals surface area contributed by atoms with Crippen LogP contribution in [0.2, 0.25) is 0 Å². The molecule has 0 saturated carbocycles. The quantitative estimate of drug-likeness (QED) is 0.231. The first-order valence-corrected chi connectivity index (χ1v) is 13.7. The van der Waals surface area contributed by atoms with Crippen molar-refractivity contribution < 1.29 is 9.53 Å². The van der Waals surface area contributed by atoms with Crippen LogP contribution in [0.1, 0.15) is 11.1 Å². The first-order valence-electron chi connectivity index (χ1n) is 11.2. The van der Waals surface area contributed by atoms with Gasteiger partial charge >= 0.3 is 212 Å². The van der Waals surface area contributed by atoms with Crippen molar-refractivity contribution in [1.82, 2.24) is 0 Å². The molecule has 2 unspecified atom stereocenters. The number of benzene rings is 4. The van der Waals surface area contributed by atoms with Gasteiger partial charge in [0.15, 0.2) is 0 Å². The van der Waals surface area contributed by atoms with Crippen LogP contribution in [-0.4, -0.2) is 30.7 Å².